The first-order valence-electron chi connectivity index (χ1n) is 11.4. The van der Waals surface area contributed by atoms with Crippen molar-refractivity contribution >= 4 is 17.6 Å². The normalized spacial score (nSPS) is 21.2. The summed E-state index contributed by atoms with van der Waals surface area (Å²) in [7, 11) is 3.53. The minimum absolute atomic E-state index is 0.188. The first-order valence-corrected chi connectivity index (χ1v) is 11.4. The van der Waals surface area contributed by atoms with Crippen molar-refractivity contribution in [2.75, 3.05) is 72.0 Å². The van der Waals surface area contributed by atoms with Crippen molar-refractivity contribution in [2.45, 2.75) is 25.8 Å². The van der Waals surface area contributed by atoms with E-state index in [0.717, 1.165) is 45.8 Å². The summed E-state index contributed by atoms with van der Waals surface area (Å²) in [6.07, 6.45) is 2.44. The molecule has 0 amide bonds. The molecule has 1 aromatic rings. The van der Waals surface area contributed by atoms with E-state index < -0.39 is 5.82 Å². The number of hydrogen-bond donors (Lipinski definition) is 3. The van der Waals surface area contributed by atoms with Gasteiger partial charge in [-0.05, 0) is 45.1 Å². The Balaban J connectivity index is 1.67. The third-order valence-electron chi connectivity index (χ3n) is 6.08. The topological polar surface area (TPSA) is 93.7 Å². The number of hydrogen-bond acceptors (Lipinski definition) is 5. The number of piperazine rings is 1. The average molecular weight is 449 g/mol. The second-order valence-electron chi connectivity index (χ2n) is 8.25. The third-order valence-corrected chi connectivity index (χ3v) is 6.08. The number of halogens is 1. The van der Waals surface area contributed by atoms with Crippen molar-refractivity contribution in [1.82, 2.24) is 20.0 Å². The molecular weight excluding hydrogens is 411 g/mol. The molecule has 32 heavy (non-hydrogen) atoms. The number of nitrogens with zero attached hydrogens (tertiary/aromatic N) is 5. The lowest BCUT2D eigenvalue weighted by Gasteiger charge is -2.33. The van der Waals surface area contributed by atoms with Crippen molar-refractivity contribution < 1.29 is 9.13 Å². The summed E-state index contributed by atoms with van der Waals surface area (Å²) in [5.41, 5.74) is 6.81. The van der Waals surface area contributed by atoms with E-state index in [2.05, 4.69) is 44.4 Å². The van der Waals surface area contributed by atoms with Gasteiger partial charge in [0.05, 0.1) is 13.8 Å². The highest BCUT2D eigenvalue weighted by Gasteiger charge is 2.22. The number of nitrogens with two attached hydrogens (primary N) is 1. The van der Waals surface area contributed by atoms with Crippen LogP contribution in [0.5, 0.6) is 5.75 Å². The number of rotatable bonds is 7. The van der Waals surface area contributed by atoms with Gasteiger partial charge in [0.25, 0.3) is 0 Å². The van der Waals surface area contributed by atoms with E-state index in [1.54, 1.807) is 12.1 Å². The Morgan fingerprint density at radius 2 is 2.03 bits per heavy atom. The molecule has 2 heterocycles. The molecule has 9 nitrogen and oxygen atoms in total. The van der Waals surface area contributed by atoms with Gasteiger partial charge < -0.3 is 25.6 Å². The van der Waals surface area contributed by atoms with Gasteiger partial charge in [0.1, 0.15) is 0 Å². The molecule has 1 atom stereocenters. The smallest absolute Gasteiger partial charge is 0.227 e. The van der Waals surface area contributed by atoms with Crippen LogP contribution in [-0.4, -0.2) is 99.3 Å². The maximum Gasteiger partial charge on any atom is 0.227 e. The second kappa shape index (κ2) is 12.0. The molecule has 2 aliphatic rings. The van der Waals surface area contributed by atoms with E-state index in [1.165, 1.54) is 26.0 Å². The van der Waals surface area contributed by atoms with Gasteiger partial charge in [0.2, 0.25) is 5.96 Å². The molecule has 0 bridgehead atoms. The number of likely N-dealkylation sites (N-methyl/N-ethyl adjacent to an activating group) is 2. The quantitative estimate of drug-likeness (QED) is 0.328. The lowest BCUT2D eigenvalue weighted by atomic mass is 10.2. The van der Waals surface area contributed by atoms with Crippen LogP contribution in [0.4, 0.5) is 10.1 Å². The molecule has 10 heteroatoms. The molecule has 178 valence electrons. The Kier molecular flexibility index (Phi) is 9.07. The number of anilines is 1. The molecule has 0 aliphatic carbocycles. The van der Waals surface area contributed by atoms with E-state index in [4.69, 9.17) is 10.5 Å². The summed E-state index contributed by atoms with van der Waals surface area (Å²) in [6, 6.07) is 5.20. The van der Waals surface area contributed by atoms with Crippen molar-refractivity contribution in [3.8, 4) is 5.75 Å². The molecule has 1 unspecified atom stereocenters. The molecule has 4 N–H and O–H groups in total. The minimum atomic E-state index is -0.452. The molecule has 0 saturated carbocycles. The average Bonchev–Trinajstić information content (AvgIpc) is 3.24. The summed E-state index contributed by atoms with van der Waals surface area (Å²) < 4.78 is 19.1. The van der Waals surface area contributed by atoms with E-state index in [1.807, 2.05) is 4.90 Å². The molecule has 2 saturated heterocycles. The standard InChI is InChI=1S/C22H37FN8O/c1-4-30-9-5-6-18(30)15-25-16-26-22(27-17-7-8-20(32-3)19(23)14-17)28-21(24)31-12-10-29(2)11-13-31/h7-8,14,18,25H,4-6,9-13,15-16H2,1-3H3,(H3,24,26,27,28). The zero-order valence-corrected chi connectivity index (χ0v) is 19.5. The first kappa shape index (κ1) is 24.2. The third kappa shape index (κ3) is 6.78. The zero-order chi connectivity index (χ0) is 22.9. The van der Waals surface area contributed by atoms with E-state index in [9.17, 15) is 4.39 Å². The summed E-state index contributed by atoms with van der Waals surface area (Å²) in [6.45, 7) is 9.17. The Bertz CT molecular complexity index is 794. The van der Waals surface area contributed by atoms with Crippen LogP contribution < -0.4 is 21.1 Å². The SMILES string of the molecule is CCN1CCCC1CNC/N=C(\N=C(/N)N1CCN(C)CC1)Nc1ccc(OC)c(F)c1. The van der Waals surface area contributed by atoms with Gasteiger partial charge in [-0.25, -0.2) is 9.38 Å². The van der Waals surface area contributed by atoms with Crippen LogP contribution >= 0.6 is 0 Å². The highest BCUT2D eigenvalue weighted by atomic mass is 19.1. The number of likely N-dealkylation sites (tertiary alicyclic amines) is 1. The van der Waals surface area contributed by atoms with Gasteiger partial charge >= 0.3 is 0 Å². The van der Waals surface area contributed by atoms with Gasteiger partial charge in [-0.2, -0.15) is 4.99 Å². The van der Waals surface area contributed by atoms with Crippen LogP contribution in [0.1, 0.15) is 19.8 Å². The Labute approximate surface area is 190 Å². The van der Waals surface area contributed by atoms with Crippen LogP contribution in [-0.2, 0) is 0 Å². The van der Waals surface area contributed by atoms with Crippen LogP contribution in [0, 0.1) is 5.82 Å². The Hall–Kier alpha value is -2.43. The lowest BCUT2D eigenvalue weighted by Crippen LogP contribution is -2.50. The highest BCUT2D eigenvalue weighted by molar-refractivity contribution is 6.01. The zero-order valence-electron chi connectivity index (χ0n) is 19.5. The van der Waals surface area contributed by atoms with E-state index >= 15 is 0 Å². The van der Waals surface area contributed by atoms with Crippen LogP contribution in [0.15, 0.2) is 28.2 Å². The van der Waals surface area contributed by atoms with Crippen molar-refractivity contribution in [1.29, 1.82) is 0 Å². The van der Waals surface area contributed by atoms with Crippen LogP contribution in [0.25, 0.3) is 0 Å². The number of methoxy groups -OCH3 is 1. The van der Waals surface area contributed by atoms with Crippen molar-refractivity contribution in [2.24, 2.45) is 15.7 Å². The molecule has 0 spiro atoms. The van der Waals surface area contributed by atoms with Gasteiger partial charge in [-0.3, -0.25) is 10.2 Å². The van der Waals surface area contributed by atoms with Crippen LogP contribution in [0.3, 0.4) is 0 Å². The summed E-state index contributed by atoms with van der Waals surface area (Å²) in [5.74, 6) is 0.489. The highest BCUT2D eigenvalue weighted by Crippen LogP contribution is 2.21. The van der Waals surface area contributed by atoms with Gasteiger partial charge in [0, 0.05) is 50.5 Å². The molecule has 2 aliphatic heterocycles. The number of nitrogens with one attached hydrogen (secondary N) is 2. The van der Waals surface area contributed by atoms with E-state index in [-0.39, 0.29) is 5.75 Å². The molecule has 0 radical (unpaired) electrons. The summed E-state index contributed by atoms with van der Waals surface area (Å²) >= 11 is 0. The monoisotopic (exact) mass is 448 g/mol. The first-order chi connectivity index (χ1) is 15.5. The Morgan fingerprint density at radius 3 is 2.72 bits per heavy atom. The fraction of sp³-hybridized carbons (Fsp3) is 0.636. The fourth-order valence-electron chi connectivity index (χ4n) is 4.10. The lowest BCUT2D eigenvalue weighted by molar-refractivity contribution is 0.214. The van der Waals surface area contributed by atoms with E-state index in [0.29, 0.717) is 30.3 Å². The number of benzene rings is 1. The molecule has 2 fully saturated rings. The predicted molar refractivity (Wildman–Crippen MR) is 128 cm³/mol. The number of guanidine groups is 2. The summed E-state index contributed by atoms with van der Waals surface area (Å²) in [5, 5.41) is 6.50. The molecular formula is C22H37FN8O. The fourth-order valence-corrected chi connectivity index (χ4v) is 4.10. The molecule has 1 aromatic carbocycles. The minimum Gasteiger partial charge on any atom is -0.494 e. The molecule has 0 aromatic heterocycles. The number of ether oxygens (including phenoxy) is 1. The van der Waals surface area contributed by atoms with Gasteiger partial charge in [0.15, 0.2) is 17.5 Å². The summed E-state index contributed by atoms with van der Waals surface area (Å²) in [4.78, 5) is 15.9. The Morgan fingerprint density at radius 1 is 1.25 bits per heavy atom. The largest absolute Gasteiger partial charge is 0.494 e. The van der Waals surface area contributed by atoms with Gasteiger partial charge in [-0.1, -0.05) is 6.92 Å². The predicted octanol–water partition coefficient (Wildman–Crippen LogP) is 1.20. The number of aliphatic imine (C=N–C) groups is 2. The van der Waals surface area contributed by atoms with Gasteiger partial charge in [-0.15, -0.1) is 0 Å². The maximum absolute atomic E-state index is 14.1. The van der Waals surface area contributed by atoms with Crippen LogP contribution in [0.2, 0.25) is 0 Å². The second-order valence-corrected chi connectivity index (χ2v) is 8.25. The van der Waals surface area contributed by atoms with Crippen molar-refractivity contribution in [3.63, 3.8) is 0 Å². The van der Waals surface area contributed by atoms with Crippen molar-refractivity contribution in [3.05, 3.63) is 24.0 Å². The maximum atomic E-state index is 14.1. The molecule has 3 rings (SSSR count).